The topological polar surface area (TPSA) is 97.3 Å². The minimum absolute atomic E-state index is 0.122. The van der Waals surface area contributed by atoms with Gasteiger partial charge in [-0.15, -0.1) is 0 Å². The third-order valence-electron chi connectivity index (χ3n) is 4.00. The molecule has 0 saturated heterocycles. The van der Waals surface area contributed by atoms with E-state index in [-0.39, 0.29) is 17.3 Å². The van der Waals surface area contributed by atoms with Gasteiger partial charge < -0.3 is 24.7 Å². The maximum atomic E-state index is 13.1. The van der Waals surface area contributed by atoms with E-state index in [0.717, 1.165) is 0 Å². The number of fused-ring (bicyclic) bond motifs is 1. The van der Waals surface area contributed by atoms with Crippen LogP contribution in [0.4, 0.5) is 5.82 Å². The van der Waals surface area contributed by atoms with Gasteiger partial charge in [0.25, 0.3) is 0 Å². The summed E-state index contributed by atoms with van der Waals surface area (Å²) in [6.45, 7) is 0. The van der Waals surface area contributed by atoms with Crippen LogP contribution < -0.4 is 24.7 Å². The molecule has 0 aliphatic rings. The molecule has 0 amide bonds. The van der Waals surface area contributed by atoms with Crippen molar-refractivity contribution in [2.75, 3.05) is 34.2 Å². The first-order chi connectivity index (χ1) is 12.5. The lowest BCUT2D eigenvalue weighted by Crippen LogP contribution is -2.09. The SMILES string of the molecule is COc1ccn2c(C(=O)c3cc(OC)c(OC)c(OC)c3)c(N)nc2c1. The molecular weight excluding hydrogens is 338 g/mol. The van der Waals surface area contributed by atoms with E-state index in [1.807, 2.05) is 0 Å². The monoisotopic (exact) mass is 357 g/mol. The summed E-state index contributed by atoms with van der Waals surface area (Å²) in [5.74, 6) is 1.58. The first kappa shape index (κ1) is 17.4. The van der Waals surface area contributed by atoms with Crippen molar-refractivity contribution < 1.29 is 23.7 Å². The Morgan fingerprint density at radius 1 is 1.00 bits per heavy atom. The first-order valence-corrected chi connectivity index (χ1v) is 7.70. The molecule has 136 valence electrons. The number of hydrogen-bond donors (Lipinski definition) is 1. The molecule has 2 heterocycles. The van der Waals surface area contributed by atoms with Gasteiger partial charge in [0.05, 0.1) is 28.4 Å². The number of ketones is 1. The van der Waals surface area contributed by atoms with E-state index in [2.05, 4.69) is 4.98 Å². The second kappa shape index (κ2) is 6.83. The Balaban J connectivity index is 2.15. The molecule has 0 saturated carbocycles. The smallest absolute Gasteiger partial charge is 0.213 e. The normalized spacial score (nSPS) is 10.6. The standard InChI is InChI=1S/C18H19N3O5/c1-23-11-5-6-21-14(9-11)20-18(19)15(21)16(22)10-7-12(24-2)17(26-4)13(8-10)25-3/h5-9H,19H2,1-4H3. The van der Waals surface area contributed by atoms with Crippen molar-refractivity contribution in [1.29, 1.82) is 0 Å². The Hall–Kier alpha value is -3.42. The van der Waals surface area contributed by atoms with Crippen LogP contribution >= 0.6 is 0 Å². The van der Waals surface area contributed by atoms with Gasteiger partial charge in [0.15, 0.2) is 17.3 Å². The highest BCUT2D eigenvalue weighted by atomic mass is 16.5. The molecule has 3 aromatic rings. The van der Waals surface area contributed by atoms with Gasteiger partial charge in [-0.05, 0) is 18.2 Å². The largest absolute Gasteiger partial charge is 0.497 e. The van der Waals surface area contributed by atoms with Crippen molar-refractivity contribution in [3.63, 3.8) is 0 Å². The average molecular weight is 357 g/mol. The van der Waals surface area contributed by atoms with Crippen LogP contribution in [-0.4, -0.2) is 43.6 Å². The molecule has 1 aromatic carbocycles. The number of nitrogen functional groups attached to an aromatic ring is 1. The lowest BCUT2D eigenvalue weighted by molar-refractivity contribution is 0.103. The maximum absolute atomic E-state index is 13.1. The molecule has 0 aliphatic heterocycles. The Morgan fingerprint density at radius 3 is 2.19 bits per heavy atom. The van der Waals surface area contributed by atoms with Crippen LogP contribution in [0.15, 0.2) is 30.5 Å². The lowest BCUT2D eigenvalue weighted by atomic mass is 10.1. The maximum Gasteiger partial charge on any atom is 0.213 e. The number of carbonyl (C=O) groups excluding carboxylic acids is 1. The van der Waals surface area contributed by atoms with Crippen LogP contribution in [0.1, 0.15) is 16.1 Å². The van der Waals surface area contributed by atoms with Crippen molar-refractivity contribution in [2.24, 2.45) is 0 Å². The molecule has 8 nitrogen and oxygen atoms in total. The minimum Gasteiger partial charge on any atom is -0.497 e. The number of benzene rings is 1. The number of hydrogen-bond acceptors (Lipinski definition) is 7. The van der Waals surface area contributed by atoms with Crippen molar-refractivity contribution >= 4 is 17.2 Å². The van der Waals surface area contributed by atoms with Crippen molar-refractivity contribution in [1.82, 2.24) is 9.38 Å². The summed E-state index contributed by atoms with van der Waals surface area (Å²) < 4.78 is 22.7. The predicted molar refractivity (Wildman–Crippen MR) is 95.7 cm³/mol. The number of carbonyl (C=O) groups is 1. The zero-order valence-electron chi connectivity index (χ0n) is 14.9. The second-order valence-corrected chi connectivity index (χ2v) is 5.38. The molecule has 0 unspecified atom stereocenters. The lowest BCUT2D eigenvalue weighted by Gasteiger charge is -2.13. The van der Waals surface area contributed by atoms with Crippen LogP contribution in [-0.2, 0) is 0 Å². The third kappa shape index (κ3) is 2.75. The van der Waals surface area contributed by atoms with E-state index in [1.54, 1.807) is 42.0 Å². The summed E-state index contributed by atoms with van der Waals surface area (Å²) in [4.78, 5) is 17.3. The number of methoxy groups -OCH3 is 4. The van der Waals surface area contributed by atoms with Gasteiger partial charge in [0.1, 0.15) is 17.1 Å². The molecule has 26 heavy (non-hydrogen) atoms. The minimum atomic E-state index is -0.320. The number of aromatic nitrogens is 2. The van der Waals surface area contributed by atoms with E-state index >= 15 is 0 Å². The highest BCUT2D eigenvalue weighted by molar-refractivity contribution is 6.11. The van der Waals surface area contributed by atoms with Crippen LogP contribution in [0.3, 0.4) is 0 Å². The van der Waals surface area contributed by atoms with Gasteiger partial charge in [0.2, 0.25) is 11.5 Å². The van der Waals surface area contributed by atoms with E-state index in [9.17, 15) is 4.79 Å². The summed E-state index contributed by atoms with van der Waals surface area (Å²) >= 11 is 0. The van der Waals surface area contributed by atoms with Gasteiger partial charge in [0, 0.05) is 17.8 Å². The van der Waals surface area contributed by atoms with Crippen LogP contribution in [0.25, 0.3) is 5.65 Å². The number of pyridine rings is 1. The highest BCUT2D eigenvalue weighted by Gasteiger charge is 2.23. The molecule has 8 heteroatoms. The Bertz CT molecular complexity index is 955. The number of rotatable bonds is 6. The van der Waals surface area contributed by atoms with E-state index in [1.165, 1.54) is 21.3 Å². The van der Waals surface area contributed by atoms with Crippen molar-refractivity contribution in [3.05, 3.63) is 41.7 Å². The first-order valence-electron chi connectivity index (χ1n) is 7.70. The second-order valence-electron chi connectivity index (χ2n) is 5.38. The summed E-state index contributed by atoms with van der Waals surface area (Å²) in [5.41, 5.74) is 7.10. The zero-order chi connectivity index (χ0) is 18.8. The molecule has 2 aromatic heterocycles. The molecule has 3 rings (SSSR count). The van der Waals surface area contributed by atoms with Gasteiger partial charge in [-0.25, -0.2) is 4.98 Å². The fourth-order valence-electron chi connectivity index (χ4n) is 2.75. The third-order valence-corrected chi connectivity index (χ3v) is 4.00. The summed E-state index contributed by atoms with van der Waals surface area (Å²) in [6.07, 6.45) is 1.68. The van der Waals surface area contributed by atoms with Crippen LogP contribution in [0.2, 0.25) is 0 Å². The van der Waals surface area contributed by atoms with E-state index in [0.29, 0.717) is 34.2 Å². The molecule has 0 fully saturated rings. The van der Waals surface area contributed by atoms with Gasteiger partial charge in [-0.1, -0.05) is 0 Å². The quantitative estimate of drug-likeness (QED) is 0.675. The highest BCUT2D eigenvalue weighted by Crippen LogP contribution is 2.39. The fourth-order valence-corrected chi connectivity index (χ4v) is 2.75. The Kier molecular flexibility index (Phi) is 4.57. The number of anilines is 1. The summed E-state index contributed by atoms with van der Waals surface area (Å²) in [5, 5.41) is 0. The number of nitrogens with zero attached hydrogens (tertiary/aromatic N) is 2. The zero-order valence-corrected chi connectivity index (χ0v) is 14.9. The fraction of sp³-hybridized carbons (Fsp3) is 0.222. The van der Waals surface area contributed by atoms with Gasteiger partial charge in [-0.2, -0.15) is 0 Å². The summed E-state index contributed by atoms with van der Waals surface area (Å²) in [7, 11) is 6.03. The Morgan fingerprint density at radius 2 is 1.65 bits per heavy atom. The molecular formula is C18H19N3O5. The van der Waals surface area contributed by atoms with Gasteiger partial charge in [-0.3, -0.25) is 9.20 Å². The molecule has 0 aliphatic carbocycles. The summed E-state index contributed by atoms with van der Waals surface area (Å²) in [6, 6.07) is 6.57. The predicted octanol–water partition coefficient (Wildman–Crippen LogP) is 2.18. The number of nitrogens with two attached hydrogens (primary N) is 1. The number of ether oxygens (including phenoxy) is 4. The molecule has 0 atom stereocenters. The average Bonchev–Trinajstić information content (AvgIpc) is 3.00. The number of imidazole rings is 1. The molecule has 2 N–H and O–H groups in total. The van der Waals surface area contributed by atoms with Crippen LogP contribution in [0.5, 0.6) is 23.0 Å². The van der Waals surface area contributed by atoms with E-state index < -0.39 is 0 Å². The molecule has 0 spiro atoms. The molecule has 0 radical (unpaired) electrons. The molecule has 0 bridgehead atoms. The van der Waals surface area contributed by atoms with Gasteiger partial charge >= 0.3 is 0 Å². The van der Waals surface area contributed by atoms with Crippen LogP contribution in [0, 0.1) is 0 Å². The van der Waals surface area contributed by atoms with E-state index in [4.69, 9.17) is 24.7 Å². The van der Waals surface area contributed by atoms with Crippen molar-refractivity contribution in [3.8, 4) is 23.0 Å². The van der Waals surface area contributed by atoms with Crippen molar-refractivity contribution in [2.45, 2.75) is 0 Å². The Labute approximate surface area is 150 Å².